The van der Waals surface area contributed by atoms with Gasteiger partial charge in [-0.1, -0.05) is 12.1 Å². The molecule has 190 valence electrons. The van der Waals surface area contributed by atoms with E-state index in [1.54, 1.807) is 6.92 Å². The van der Waals surface area contributed by atoms with E-state index in [0.29, 0.717) is 0 Å². The van der Waals surface area contributed by atoms with Crippen molar-refractivity contribution in [2.75, 3.05) is 0 Å². The van der Waals surface area contributed by atoms with Crippen molar-refractivity contribution in [2.45, 2.75) is 93.3 Å². The molecule has 1 aliphatic heterocycles. The molecule has 35 heavy (non-hydrogen) atoms. The molecular formula is C25H30O10. The molecule has 8 unspecified atom stereocenters. The molecule has 0 bridgehead atoms. The number of phenols is 1. The van der Waals surface area contributed by atoms with Gasteiger partial charge in [-0.2, -0.15) is 0 Å². The Hall–Kier alpha value is -2.21. The molecule has 1 heterocycles. The number of aromatic hydroxyl groups is 1. The summed E-state index contributed by atoms with van der Waals surface area (Å²) in [5.74, 6) is -4.58. The molecule has 5 rings (SSSR count). The number of phenolic OH excluding ortho intramolecular Hbond substituents is 1. The number of benzene rings is 1. The quantitative estimate of drug-likeness (QED) is 0.391. The fourth-order valence-electron chi connectivity index (χ4n) is 6.71. The van der Waals surface area contributed by atoms with Crippen LogP contribution < -0.4 is 0 Å². The van der Waals surface area contributed by atoms with Gasteiger partial charge in [0.15, 0.2) is 34.8 Å². The highest BCUT2D eigenvalue weighted by Crippen LogP contribution is 2.60. The number of ether oxygens (including phenoxy) is 2. The number of aliphatic hydroxyl groups excluding tert-OH is 1. The van der Waals surface area contributed by atoms with Gasteiger partial charge >= 0.3 is 0 Å². The van der Waals surface area contributed by atoms with Crippen molar-refractivity contribution >= 4 is 17.3 Å². The monoisotopic (exact) mass is 490 g/mol. The van der Waals surface area contributed by atoms with Gasteiger partial charge in [-0.25, -0.2) is 0 Å². The topological polar surface area (TPSA) is 171 Å². The number of aliphatic hydroxyl groups is 4. The normalized spacial score (nSPS) is 45.5. The first-order valence-corrected chi connectivity index (χ1v) is 11.9. The third-order valence-corrected chi connectivity index (χ3v) is 8.26. The molecule has 0 aromatic heterocycles. The van der Waals surface area contributed by atoms with Crippen molar-refractivity contribution in [3.8, 4) is 5.75 Å². The van der Waals surface area contributed by atoms with Crippen LogP contribution >= 0.6 is 0 Å². The number of hydrogen-bond acceptors (Lipinski definition) is 10. The van der Waals surface area contributed by atoms with E-state index in [1.165, 1.54) is 25.1 Å². The van der Waals surface area contributed by atoms with Crippen molar-refractivity contribution in [3.63, 3.8) is 0 Å². The minimum Gasteiger partial charge on any atom is -0.507 e. The highest BCUT2D eigenvalue weighted by molar-refractivity contribution is 6.23. The van der Waals surface area contributed by atoms with Crippen LogP contribution in [0.15, 0.2) is 18.2 Å². The summed E-state index contributed by atoms with van der Waals surface area (Å²) in [6.45, 7) is 2.98. The molecule has 3 aliphatic carbocycles. The van der Waals surface area contributed by atoms with Crippen LogP contribution in [0.5, 0.6) is 5.75 Å². The molecule has 2 saturated carbocycles. The molecule has 1 aromatic carbocycles. The lowest BCUT2D eigenvalue weighted by Gasteiger charge is -2.63. The SMILES string of the molecule is CC1OC(OC23C(=O)CC(C)(O)CC2(O)CCC2C(=O)c4c(O)cccc4C(=O)C23O)CCC1O. The van der Waals surface area contributed by atoms with Crippen LogP contribution in [0.3, 0.4) is 0 Å². The van der Waals surface area contributed by atoms with E-state index in [-0.39, 0.29) is 43.2 Å². The Labute approximate surface area is 201 Å². The number of carbonyl (C=O) groups is 3. The average molecular weight is 491 g/mol. The summed E-state index contributed by atoms with van der Waals surface area (Å²) in [6.07, 6.45) is -3.63. The molecule has 5 N–H and O–H groups in total. The van der Waals surface area contributed by atoms with Crippen molar-refractivity contribution in [1.82, 2.24) is 0 Å². The van der Waals surface area contributed by atoms with E-state index in [1.807, 2.05) is 0 Å². The zero-order valence-corrected chi connectivity index (χ0v) is 19.6. The van der Waals surface area contributed by atoms with E-state index in [2.05, 4.69) is 0 Å². The first-order valence-electron chi connectivity index (χ1n) is 11.9. The number of Topliss-reactive ketones (excluding diaryl/α,β-unsaturated/α-hetero) is 3. The van der Waals surface area contributed by atoms with Crippen LogP contribution in [0, 0.1) is 5.92 Å². The maximum atomic E-state index is 13.9. The minimum absolute atomic E-state index is 0.104. The molecule has 0 spiro atoms. The van der Waals surface area contributed by atoms with Gasteiger partial charge in [0.2, 0.25) is 0 Å². The summed E-state index contributed by atoms with van der Waals surface area (Å²) in [4.78, 5) is 41.3. The van der Waals surface area contributed by atoms with Crippen LogP contribution in [0.25, 0.3) is 0 Å². The van der Waals surface area contributed by atoms with Gasteiger partial charge < -0.3 is 35.0 Å². The largest absolute Gasteiger partial charge is 0.507 e. The Kier molecular flexibility index (Phi) is 5.35. The second-order valence-corrected chi connectivity index (χ2v) is 10.8. The van der Waals surface area contributed by atoms with Gasteiger partial charge in [0.05, 0.1) is 29.3 Å². The summed E-state index contributed by atoms with van der Waals surface area (Å²) < 4.78 is 11.9. The Bertz CT molecular complexity index is 1110. The number of fused-ring (bicyclic) bond motifs is 4. The molecule has 0 amide bonds. The maximum Gasteiger partial charge on any atom is 0.199 e. The molecule has 0 radical (unpaired) electrons. The van der Waals surface area contributed by atoms with Crippen LogP contribution in [0.1, 0.15) is 73.1 Å². The van der Waals surface area contributed by atoms with Gasteiger partial charge in [0.25, 0.3) is 0 Å². The minimum atomic E-state index is -2.81. The molecule has 1 saturated heterocycles. The summed E-state index contributed by atoms with van der Waals surface area (Å²) in [5, 5.41) is 55.3. The van der Waals surface area contributed by atoms with Crippen molar-refractivity contribution in [1.29, 1.82) is 0 Å². The van der Waals surface area contributed by atoms with Crippen LogP contribution in [0.2, 0.25) is 0 Å². The van der Waals surface area contributed by atoms with Crippen LogP contribution in [-0.2, 0) is 14.3 Å². The molecule has 3 fully saturated rings. The Balaban J connectivity index is 1.72. The summed E-state index contributed by atoms with van der Waals surface area (Å²) in [7, 11) is 0. The van der Waals surface area contributed by atoms with Crippen LogP contribution in [-0.4, -0.2) is 83.8 Å². The van der Waals surface area contributed by atoms with Gasteiger partial charge in [-0.3, -0.25) is 14.4 Å². The second kappa shape index (κ2) is 7.64. The number of ketones is 3. The van der Waals surface area contributed by atoms with E-state index in [4.69, 9.17) is 9.47 Å². The molecular weight excluding hydrogens is 460 g/mol. The third-order valence-electron chi connectivity index (χ3n) is 8.26. The van der Waals surface area contributed by atoms with Crippen molar-refractivity contribution < 1.29 is 49.4 Å². The predicted octanol–water partition coefficient (Wildman–Crippen LogP) is 0.399. The standard InChI is InChI=1S/C25H30O10/c1-12-15(26)6-7-18(34-12)35-25-17(28)10-22(2,31)11-23(25,32)9-8-14-20(29)19-13(4-3-5-16(19)27)21(30)24(14,25)33/h3-5,12,14-15,18,26-27,31-33H,6-11H2,1-2H3. The maximum absolute atomic E-state index is 13.9. The summed E-state index contributed by atoms with van der Waals surface area (Å²) >= 11 is 0. The zero-order chi connectivity index (χ0) is 25.6. The first kappa shape index (κ1) is 24.5. The van der Waals surface area contributed by atoms with E-state index >= 15 is 0 Å². The van der Waals surface area contributed by atoms with E-state index in [9.17, 15) is 39.9 Å². The van der Waals surface area contributed by atoms with Gasteiger partial charge in [-0.05, 0) is 39.2 Å². The molecule has 10 heteroatoms. The smallest absolute Gasteiger partial charge is 0.199 e. The van der Waals surface area contributed by atoms with Crippen molar-refractivity contribution in [3.05, 3.63) is 29.3 Å². The molecule has 4 aliphatic rings. The number of rotatable bonds is 2. The number of carbonyl (C=O) groups excluding carboxylic acids is 3. The van der Waals surface area contributed by atoms with Gasteiger partial charge in [0.1, 0.15) is 11.4 Å². The third kappa shape index (κ3) is 3.14. The molecule has 10 nitrogen and oxygen atoms in total. The van der Waals surface area contributed by atoms with Crippen LogP contribution in [0.4, 0.5) is 0 Å². The second-order valence-electron chi connectivity index (χ2n) is 10.8. The fraction of sp³-hybridized carbons (Fsp3) is 0.640. The number of hydrogen-bond donors (Lipinski definition) is 5. The highest BCUT2D eigenvalue weighted by atomic mass is 16.7. The lowest BCUT2D eigenvalue weighted by Crippen LogP contribution is -2.84. The van der Waals surface area contributed by atoms with E-state index < -0.39 is 76.3 Å². The Morgan fingerprint density at radius 1 is 1.09 bits per heavy atom. The fourth-order valence-corrected chi connectivity index (χ4v) is 6.71. The highest BCUT2D eigenvalue weighted by Gasteiger charge is 2.80. The van der Waals surface area contributed by atoms with E-state index in [0.717, 1.165) is 0 Å². The Morgan fingerprint density at radius 3 is 2.49 bits per heavy atom. The first-order chi connectivity index (χ1) is 16.3. The lowest BCUT2D eigenvalue weighted by atomic mass is 9.47. The predicted molar refractivity (Wildman–Crippen MR) is 118 cm³/mol. The summed E-state index contributed by atoms with van der Waals surface area (Å²) in [6, 6.07) is 3.86. The molecule has 1 aromatic rings. The summed E-state index contributed by atoms with van der Waals surface area (Å²) in [5.41, 5.74) is -9.80. The zero-order valence-electron chi connectivity index (χ0n) is 19.6. The van der Waals surface area contributed by atoms with Gasteiger partial charge in [-0.15, -0.1) is 0 Å². The molecule has 8 atom stereocenters. The Morgan fingerprint density at radius 2 is 1.80 bits per heavy atom. The van der Waals surface area contributed by atoms with Crippen molar-refractivity contribution in [2.24, 2.45) is 5.92 Å². The lowest BCUT2D eigenvalue weighted by molar-refractivity contribution is -0.344. The average Bonchev–Trinajstić information content (AvgIpc) is 2.75. The van der Waals surface area contributed by atoms with Gasteiger partial charge in [0, 0.05) is 24.8 Å².